The molecule has 3 aromatic carbocycles. The van der Waals surface area contributed by atoms with Crippen LogP contribution >= 0.6 is 0 Å². The van der Waals surface area contributed by atoms with Crippen LogP contribution in [0.15, 0.2) is 66.7 Å². The van der Waals surface area contributed by atoms with Crippen molar-refractivity contribution in [3.63, 3.8) is 0 Å². The molecule has 0 radical (unpaired) electrons. The fraction of sp³-hybridized carbons (Fsp3) is 0.250. The Kier molecular flexibility index (Phi) is 5.75. The van der Waals surface area contributed by atoms with E-state index < -0.39 is 5.97 Å². The minimum Gasteiger partial charge on any atom is -0.455 e. The summed E-state index contributed by atoms with van der Waals surface area (Å²) in [6, 6.07) is 21.6. The number of benzene rings is 3. The van der Waals surface area contributed by atoms with Crippen molar-refractivity contribution in [2.24, 2.45) is 0 Å². The number of hydrogen-bond acceptors (Lipinski definition) is 4. The minimum atomic E-state index is -0.417. The van der Waals surface area contributed by atoms with E-state index in [0.29, 0.717) is 5.69 Å². The summed E-state index contributed by atoms with van der Waals surface area (Å²) in [5.41, 5.74) is 2.73. The first kappa shape index (κ1) is 19.0. The molecular weight excluding hydrogens is 364 g/mol. The molecule has 3 aromatic rings. The van der Waals surface area contributed by atoms with Crippen LogP contribution in [0.25, 0.3) is 10.8 Å². The lowest BCUT2D eigenvalue weighted by atomic mass is 10.1. The molecule has 1 saturated heterocycles. The Balaban J connectivity index is 1.25. The van der Waals surface area contributed by atoms with Crippen LogP contribution in [0, 0.1) is 0 Å². The quantitative estimate of drug-likeness (QED) is 0.644. The molecule has 1 heterocycles. The predicted molar refractivity (Wildman–Crippen MR) is 115 cm³/mol. The summed E-state index contributed by atoms with van der Waals surface area (Å²) in [6.45, 7) is 1.87. The normalized spacial score (nSPS) is 13.4. The fourth-order valence-corrected chi connectivity index (χ4v) is 3.64. The second-order valence-electron chi connectivity index (χ2n) is 7.31. The number of hydrogen-bond donors (Lipinski definition) is 1. The van der Waals surface area contributed by atoms with Gasteiger partial charge in [0.15, 0.2) is 6.61 Å². The summed E-state index contributed by atoms with van der Waals surface area (Å²) in [6.07, 6.45) is 2.59. The second kappa shape index (κ2) is 8.78. The summed E-state index contributed by atoms with van der Waals surface area (Å²) in [4.78, 5) is 26.5. The number of amides is 1. The van der Waals surface area contributed by atoms with Crippen molar-refractivity contribution in [3.8, 4) is 0 Å². The van der Waals surface area contributed by atoms with Crippen LogP contribution in [0.2, 0.25) is 0 Å². The van der Waals surface area contributed by atoms with Gasteiger partial charge in [-0.15, -0.1) is 0 Å². The smallest absolute Gasteiger partial charge is 0.310 e. The molecule has 1 fully saturated rings. The van der Waals surface area contributed by atoms with E-state index in [4.69, 9.17) is 4.74 Å². The highest BCUT2D eigenvalue weighted by Crippen LogP contribution is 2.22. The van der Waals surface area contributed by atoms with Crippen molar-refractivity contribution in [2.75, 3.05) is 29.9 Å². The van der Waals surface area contributed by atoms with Crippen molar-refractivity contribution in [2.45, 2.75) is 19.3 Å². The zero-order valence-corrected chi connectivity index (χ0v) is 16.3. The van der Waals surface area contributed by atoms with Crippen molar-refractivity contribution in [1.29, 1.82) is 0 Å². The molecule has 0 bridgehead atoms. The lowest BCUT2D eigenvalue weighted by molar-refractivity contribution is -0.146. The van der Waals surface area contributed by atoms with Gasteiger partial charge in [-0.1, -0.05) is 42.5 Å². The first-order valence-electron chi connectivity index (χ1n) is 9.95. The number of carbonyl (C=O) groups is 2. The van der Waals surface area contributed by atoms with Crippen molar-refractivity contribution >= 4 is 34.0 Å². The van der Waals surface area contributed by atoms with Gasteiger partial charge in [0, 0.05) is 24.5 Å². The molecule has 0 atom stereocenters. The Labute approximate surface area is 170 Å². The summed E-state index contributed by atoms with van der Waals surface area (Å²) in [5, 5.41) is 4.97. The molecule has 29 heavy (non-hydrogen) atoms. The maximum Gasteiger partial charge on any atom is 0.310 e. The van der Waals surface area contributed by atoms with Crippen LogP contribution < -0.4 is 10.2 Å². The van der Waals surface area contributed by atoms with Crippen LogP contribution in [-0.4, -0.2) is 31.6 Å². The molecular formula is C24H24N2O3. The average Bonchev–Trinajstić information content (AvgIpc) is 3.28. The SMILES string of the molecule is O=C(COC(=O)Cc1ccc2ccccc2c1)Nc1ccc(N2CCCC2)cc1. The molecule has 1 aliphatic rings. The molecule has 4 rings (SSSR count). The third kappa shape index (κ3) is 4.93. The Hall–Kier alpha value is -3.34. The third-order valence-electron chi connectivity index (χ3n) is 5.15. The molecule has 0 spiro atoms. The molecule has 5 heteroatoms. The largest absolute Gasteiger partial charge is 0.455 e. The Morgan fingerprint density at radius 2 is 1.62 bits per heavy atom. The van der Waals surface area contributed by atoms with Gasteiger partial charge in [-0.3, -0.25) is 9.59 Å². The summed E-state index contributed by atoms with van der Waals surface area (Å²) in [5.74, 6) is -0.759. The lowest BCUT2D eigenvalue weighted by Crippen LogP contribution is -2.22. The van der Waals surface area contributed by atoms with Gasteiger partial charge in [0.05, 0.1) is 6.42 Å². The monoisotopic (exact) mass is 388 g/mol. The van der Waals surface area contributed by atoms with E-state index in [0.717, 1.165) is 29.4 Å². The maximum atomic E-state index is 12.1. The fourth-order valence-electron chi connectivity index (χ4n) is 3.64. The zero-order chi connectivity index (χ0) is 20.1. The van der Waals surface area contributed by atoms with Crippen molar-refractivity contribution in [1.82, 2.24) is 0 Å². The topological polar surface area (TPSA) is 58.6 Å². The first-order valence-corrected chi connectivity index (χ1v) is 9.95. The second-order valence-corrected chi connectivity index (χ2v) is 7.31. The predicted octanol–water partition coefficient (Wildman–Crippen LogP) is 4.16. The van der Waals surface area contributed by atoms with E-state index in [1.54, 1.807) is 0 Å². The molecule has 0 aromatic heterocycles. The highest BCUT2D eigenvalue weighted by Gasteiger charge is 2.13. The molecule has 148 valence electrons. The Bertz CT molecular complexity index is 1010. The van der Waals surface area contributed by atoms with Gasteiger partial charge in [0.25, 0.3) is 5.91 Å². The summed E-state index contributed by atoms with van der Waals surface area (Å²) < 4.78 is 5.14. The van der Waals surface area contributed by atoms with Gasteiger partial charge in [-0.05, 0) is 53.4 Å². The summed E-state index contributed by atoms with van der Waals surface area (Å²) in [7, 11) is 0. The number of carbonyl (C=O) groups excluding carboxylic acids is 2. The maximum absolute atomic E-state index is 12.1. The number of anilines is 2. The standard InChI is InChI=1S/C24H24N2O3/c27-23(25-21-9-11-22(12-10-21)26-13-3-4-14-26)17-29-24(28)16-18-7-8-19-5-1-2-6-20(19)15-18/h1-2,5-12,15H,3-4,13-14,16-17H2,(H,25,27). The van der Waals surface area contributed by atoms with E-state index in [2.05, 4.69) is 10.2 Å². The van der Waals surface area contributed by atoms with Crippen molar-refractivity contribution < 1.29 is 14.3 Å². The number of ether oxygens (including phenoxy) is 1. The lowest BCUT2D eigenvalue weighted by Gasteiger charge is -2.17. The molecule has 1 N–H and O–H groups in total. The molecule has 0 saturated carbocycles. The molecule has 1 amide bonds. The molecule has 1 aliphatic heterocycles. The van der Waals surface area contributed by atoms with Crippen LogP contribution in [0.4, 0.5) is 11.4 Å². The van der Waals surface area contributed by atoms with Crippen LogP contribution in [0.3, 0.4) is 0 Å². The van der Waals surface area contributed by atoms with Crippen LogP contribution in [0.5, 0.6) is 0 Å². The van der Waals surface area contributed by atoms with Gasteiger partial charge in [0.2, 0.25) is 0 Å². The average molecular weight is 388 g/mol. The van der Waals surface area contributed by atoms with Crippen LogP contribution in [0.1, 0.15) is 18.4 Å². The number of nitrogens with one attached hydrogen (secondary N) is 1. The summed E-state index contributed by atoms with van der Waals surface area (Å²) >= 11 is 0. The number of rotatable bonds is 6. The molecule has 5 nitrogen and oxygen atoms in total. The van der Waals surface area contributed by atoms with Gasteiger partial charge < -0.3 is 15.0 Å². The zero-order valence-electron chi connectivity index (χ0n) is 16.3. The van der Waals surface area contributed by atoms with Crippen molar-refractivity contribution in [3.05, 3.63) is 72.3 Å². The van der Waals surface area contributed by atoms with Gasteiger partial charge >= 0.3 is 5.97 Å². The van der Waals surface area contributed by atoms with E-state index in [1.165, 1.54) is 18.5 Å². The van der Waals surface area contributed by atoms with Gasteiger partial charge in [0.1, 0.15) is 0 Å². The number of fused-ring (bicyclic) bond motifs is 1. The van der Waals surface area contributed by atoms with Gasteiger partial charge in [-0.25, -0.2) is 0 Å². The Morgan fingerprint density at radius 3 is 2.38 bits per heavy atom. The molecule has 0 aliphatic carbocycles. The van der Waals surface area contributed by atoms with E-state index in [-0.39, 0.29) is 18.9 Å². The highest BCUT2D eigenvalue weighted by atomic mass is 16.5. The van der Waals surface area contributed by atoms with E-state index in [1.807, 2.05) is 66.7 Å². The number of nitrogens with zero attached hydrogens (tertiary/aromatic N) is 1. The Morgan fingerprint density at radius 1 is 0.897 bits per heavy atom. The third-order valence-corrected chi connectivity index (χ3v) is 5.15. The van der Waals surface area contributed by atoms with E-state index in [9.17, 15) is 9.59 Å². The first-order chi connectivity index (χ1) is 14.2. The van der Waals surface area contributed by atoms with Gasteiger partial charge in [-0.2, -0.15) is 0 Å². The molecule has 0 unspecified atom stereocenters. The number of esters is 1. The highest BCUT2D eigenvalue weighted by molar-refractivity contribution is 5.93. The minimum absolute atomic E-state index is 0.142. The van der Waals surface area contributed by atoms with E-state index >= 15 is 0 Å². The van der Waals surface area contributed by atoms with Crippen LogP contribution in [-0.2, 0) is 20.7 Å².